The maximum atomic E-state index is 9.88. The lowest BCUT2D eigenvalue weighted by Gasteiger charge is -2.12. The largest absolute Gasteiger partial charge is 0.508 e. The quantitative estimate of drug-likeness (QED) is 0.919. The van der Waals surface area contributed by atoms with Gasteiger partial charge in [0.15, 0.2) is 5.84 Å². The Morgan fingerprint density at radius 1 is 1.16 bits per heavy atom. The van der Waals surface area contributed by atoms with E-state index in [0.29, 0.717) is 24.8 Å². The fourth-order valence-corrected chi connectivity index (χ4v) is 4.05. The molecule has 5 nitrogen and oxygen atoms in total. The molecule has 2 heterocycles. The molecule has 1 aliphatic heterocycles. The molecule has 0 spiro atoms. The Labute approximate surface area is 146 Å². The van der Waals surface area contributed by atoms with Crippen LogP contribution in [0.4, 0.5) is 0 Å². The minimum Gasteiger partial charge on any atom is -0.508 e. The zero-order valence-electron chi connectivity index (χ0n) is 14.0. The minimum atomic E-state index is 0.287. The molecule has 0 unspecified atom stereocenters. The van der Waals surface area contributed by atoms with Gasteiger partial charge in [0.1, 0.15) is 5.76 Å². The molecule has 0 atom stereocenters. The van der Waals surface area contributed by atoms with Crippen LogP contribution in [0.5, 0.6) is 0 Å². The first-order valence-electron chi connectivity index (χ1n) is 8.97. The number of imidazole rings is 1. The highest BCUT2D eigenvalue weighted by Gasteiger charge is 2.21. The van der Waals surface area contributed by atoms with Gasteiger partial charge in [0, 0.05) is 17.2 Å². The summed E-state index contributed by atoms with van der Waals surface area (Å²) in [5, 5.41) is 9.88. The van der Waals surface area contributed by atoms with Gasteiger partial charge < -0.3 is 9.67 Å². The van der Waals surface area contributed by atoms with Crippen LogP contribution in [0.1, 0.15) is 43.7 Å². The van der Waals surface area contributed by atoms with E-state index in [4.69, 9.17) is 0 Å². The van der Waals surface area contributed by atoms with Crippen LogP contribution in [0, 0.1) is 0 Å². The molecular weight excluding hydrogens is 312 g/mol. The zero-order chi connectivity index (χ0) is 16.8. The normalized spacial score (nSPS) is 20.8. The van der Waals surface area contributed by atoms with Crippen LogP contribution in [-0.2, 0) is 0 Å². The molecule has 3 aliphatic rings. The summed E-state index contributed by atoms with van der Waals surface area (Å²) in [6, 6.07) is 6.98. The number of hydrogen-bond donors (Lipinski definition) is 1. The molecule has 0 amide bonds. The maximum Gasteiger partial charge on any atom is 0.155 e. The molecule has 1 fully saturated rings. The molecule has 2 aliphatic carbocycles. The topological polar surface area (TPSA) is 62.8 Å². The third-order valence-electron chi connectivity index (χ3n) is 5.42. The van der Waals surface area contributed by atoms with Crippen molar-refractivity contribution in [3.63, 3.8) is 0 Å². The third kappa shape index (κ3) is 2.42. The lowest BCUT2D eigenvalue weighted by molar-refractivity contribution is 0.431. The van der Waals surface area contributed by atoms with E-state index >= 15 is 0 Å². The van der Waals surface area contributed by atoms with Crippen LogP contribution in [0.25, 0.3) is 11.0 Å². The second kappa shape index (κ2) is 5.69. The van der Waals surface area contributed by atoms with E-state index in [2.05, 4.69) is 37.7 Å². The molecule has 5 rings (SSSR count). The third-order valence-corrected chi connectivity index (χ3v) is 5.42. The Morgan fingerprint density at radius 2 is 2.04 bits per heavy atom. The highest BCUT2D eigenvalue weighted by molar-refractivity contribution is 6.18. The predicted octanol–water partition coefficient (Wildman–Crippen LogP) is 4.12. The molecule has 2 aromatic rings. The highest BCUT2D eigenvalue weighted by Crippen LogP contribution is 2.32. The number of aliphatic hydroxyl groups excluding tert-OH is 1. The molecular formula is C20H20N4O. The summed E-state index contributed by atoms with van der Waals surface area (Å²) < 4.78 is 2.33. The van der Waals surface area contributed by atoms with Gasteiger partial charge in [0.25, 0.3) is 0 Å². The van der Waals surface area contributed by atoms with Crippen LogP contribution in [-0.4, -0.2) is 32.7 Å². The van der Waals surface area contributed by atoms with Crippen LogP contribution in [0.2, 0.25) is 0 Å². The van der Waals surface area contributed by atoms with E-state index in [-0.39, 0.29) is 5.76 Å². The molecule has 1 aromatic heterocycles. The van der Waals surface area contributed by atoms with Crippen LogP contribution >= 0.6 is 0 Å². The fraction of sp³-hybridized carbons (Fsp3) is 0.350. The molecule has 25 heavy (non-hydrogen) atoms. The summed E-state index contributed by atoms with van der Waals surface area (Å²) in [6.07, 6.45) is 11.5. The number of benzene rings is 1. The van der Waals surface area contributed by atoms with Crippen molar-refractivity contribution in [3.8, 4) is 0 Å². The van der Waals surface area contributed by atoms with Gasteiger partial charge in [-0.1, -0.05) is 25.0 Å². The van der Waals surface area contributed by atoms with Gasteiger partial charge in [0.05, 0.1) is 29.6 Å². The van der Waals surface area contributed by atoms with E-state index in [1.54, 1.807) is 6.08 Å². The highest BCUT2D eigenvalue weighted by atomic mass is 16.3. The smallest absolute Gasteiger partial charge is 0.155 e. The fourth-order valence-electron chi connectivity index (χ4n) is 4.05. The van der Waals surface area contributed by atoms with Gasteiger partial charge in [-0.25, -0.2) is 9.98 Å². The Morgan fingerprint density at radius 3 is 2.84 bits per heavy atom. The van der Waals surface area contributed by atoms with Crippen molar-refractivity contribution >= 4 is 22.6 Å². The van der Waals surface area contributed by atoms with Crippen molar-refractivity contribution < 1.29 is 5.11 Å². The van der Waals surface area contributed by atoms with E-state index in [0.717, 1.165) is 22.4 Å². The minimum absolute atomic E-state index is 0.287. The molecule has 0 saturated heterocycles. The van der Waals surface area contributed by atoms with E-state index < -0.39 is 0 Å². The maximum absolute atomic E-state index is 9.88. The summed E-state index contributed by atoms with van der Waals surface area (Å²) in [5.74, 6) is 0.948. The molecule has 126 valence electrons. The molecule has 0 bridgehead atoms. The number of allylic oxidation sites excluding steroid dienone is 2. The zero-order valence-corrected chi connectivity index (χ0v) is 14.0. The molecule has 1 N–H and O–H groups in total. The van der Waals surface area contributed by atoms with Crippen molar-refractivity contribution in [2.75, 3.05) is 6.54 Å². The van der Waals surface area contributed by atoms with Gasteiger partial charge in [-0.3, -0.25) is 4.99 Å². The molecule has 1 aromatic carbocycles. The second-order valence-corrected chi connectivity index (χ2v) is 6.96. The Kier molecular flexibility index (Phi) is 3.33. The van der Waals surface area contributed by atoms with E-state index in [1.807, 2.05) is 12.4 Å². The number of aliphatic hydroxyl groups is 1. The predicted molar refractivity (Wildman–Crippen MR) is 99.5 cm³/mol. The number of nitrogens with zero attached hydrogens (tertiary/aromatic N) is 4. The van der Waals surface area contributed by atoms with Crippen molar-refractivity contribution in [1.29, 1.82) is 0 Å². The SMILES string of the molecule is OC1=C(C2=NCC(c3ccc4c(c3)ncn4C3CCCC3)=N2)CC=C1. The van der Waals surface area contributed by atoms with Gasteiger partial charge in [-0.15, -0.1) is 0 Å². The molecule has 1 saturated carbocycles. The second-order valence-electron chi connectivity index (χ2n) is 6.96. The first-order chi connectivity index (χ1) is 12.3. The first-order valence-corrected chi connectivity index (χ1v) is 8.97. The summed E-state index contributed by atoms with van der Waals surface area (Å²) in [7, 11) is 0. The number of aromatic nitrogens is 2. The number of aliphatic imine (C=N–C) groups is 2. The van der Waals surface area contributed by atoms with Crippen molar-refractivity contribution in [2.45, 2.75) is 38.1 Å². The van der Waals surface area contributed by atoms with Crippen LogP contribution in [0.3, 0.4) is 0 Å². The van der Waals surface area contributed by atoms with Gasteiger partial charge in [-0.05, 0) is 37.5 Å². The lowest BCUT2D eigenvalue weighted by Crippen LogP contribution is -2.04. The summed E-state index contributed by atoms with van der Waals surface area (Å²) in [6.45, 7) is 0.557. The number of amidine groups is 1. The van der Waals surface area contributed by atoms with Crippen molar-refractivity contribution in [1.82, 2.24) is 9.55 Å². The van der Waals surface area contributed by atoms with E-state index in [1.165, 1.54) is 31.2 Å². The number of hydrogen-bond acceptors (Lipinski definition) is 4. The number of rotatable bonds is 3. The van der Waals surface area contributed by atoms with Crippen molar-refractivity contribution in [3.05, 3.63) is 53.6 Å². The summed E-state index contributed by atoms with van der Waals surface area (Å²) in [4.78, 5) is 13.8. The van der Waals surface area contributed by atoms with Crippen LogP contribution < -0.4 is 0 Å². The van der Waals surface area contributed by atoms with Crippen molar-refractivity contribution in [2.24, 2.45) is 9.98 Å². The summed E-state index contributed by atoms with van der Waals surface area (Å²) in [5.41, 5.74) is 5.05. The van der Waals surface area contributed by atoms with Gasteiger partial charge >= 0.3 is 0 Å². The molecule has 0 radical (unpaired) electrons. The first kappa shape index (κ1) is 14.6. The standard InChI is InChI=1S/C20H20N4O/c25-19-7-3-6-15(19)20-21-11-17(23-20)13-8-9-18-16(10-13)22-12-24(18)14-4-1-2-5-14/h3,7-10,12,14,25H,1-2,4-6,11H2. The summed E-state index contributed by atoms with van der Waals surface area (Å²) >= 11 is 0. The Balaban J connectivity index is 1.45. The Hall–Kier alpha value is -2.69. The average Bonchev–Trinajstić information content (AvgIpc) is 3.39. The monoisotopic (exact) mass is 332 g/mol. The average molecular weight is 332 g/mol. The van der Waals surface area contributed by atoms with Crippen LogP contribution in [0.15, 0.2) is 58.0 Å². The van der Waals surface area contributed by atoms with Gasteiger partial charge in [-0.2, -0.15) is 0 Å². The van der Waals surface area contributed by atoms with E-state index in [9.17, 15) is 5.11 Å². The Bertz CT molecular complexity index is 971. The lowest BCUT2D eigenvalue weighted by atomic mass is 10.1. The van der Waals surface area contributed by atoms with Gasteiger partial charge in [0.2, 0.25) is 0 Å². The molecule has 5 heteroatoms. The number of fused-ring (bicyclic) bond motifs is 1.